The Bertz CT molecular complexity index is 660. The maximum absolute atomic E-state index is 12.9. The number of carbonyl (C=O) groups excluding carboxylic acids is 2. The molecule has 2 heterocycles. The van der Waals surface area contributed by atoms with E-state index in [-0.39, 0.29) is 11.8 Å². The first-order chi connectivity index (χ1) is 12.6. The third-order valence-corrected chi connectivity index (χ3v) is 4.72. The van der Waals surface area contributed by atoms with Crippen LogP contribution in [0.3, 0.4) is 0 Å². The van der Waals surface area contributed by atoms with Crippen molar-refractivity contribution in [3.8, 4) is 11.5 Å². The average Bonchev–Trinajstić information content (AvgIpc) is 2.68. The minimum Gasteiger partial charge on any atom is -0.493 e. The van der Waals surface area contributed by atoms with Gasteiger partial charge >= 0.3 is 0 Å². The molecule has 3 rings (SSSR count). The molecule has 2 amide bonds. The Kier molecular flexibility index (Phi) is 5.95. The first kappa shape index (κ1) is 18.5. The summed E-state index contributed by atoms with van der Waals surface area (Å²) in [6.07, 6.45) is 0. The van der Waals surface area contributed by atoms with Crippen LogP contribution in [0.5, 0.6) is 11.5 Å². The van der Waals surface area contributed by atoms with Gasteiger partial charge in [0.25, 0.3) is 0 Å². The van der Waals surface area contributed by atoms with Crippen LogP contribution in [-0.2, 0) is 14.3 Å². The highest BCUT2D eigenvalue weighted by atomic mass is 16.5. The van der Waals surface area contributed by atoms with Crippen molar-refractivity contribution in [1.29, 1.82) is 0 Å². The Morgan fingerprint density at radius 3 is 2.62 bits per heavy atom. The zero-order valence-corrected chi connectivity index (χ0v) is 15.2. The minimum absolute atomic E-state index is 0.0541. The molecule has 1 atom stereocenters. The van der Waals surface area contributed by atoms with Crippen LogP contribution in [0.15, 0.2) is 18.2 Å². The lowest BCUT2D eigenvalue weighted by Gasteiger charge is -2.37. The van der Waals surface area contributed by atoms with Gasteiger partial charge in [-0.1, -0.05) is 6.07 Å². The van der Waals surface area contributed by atoms with Gasteiger partial charge in [-0.15, -0.1) is 0 Å². The van der Waals surface area contributed by atoms with Gasteiger partial charge in [0, 0.05) is 26.2 Å². The molecule has 26 heavy (non-hydrogen) atoms. The SMILES string of the molecule is COc1ccc(C2C(=O)NCCN2C(=O)CN2CCOCC2)cc1OC. The molecule has 2 aliphatic heterocycles. The summed E-state index contributed by atoms with van der Waals surface area (Å²) >= 11 is 0. The third kappa shape index (κ3) is 3.91. The van der Waals surface area contributed by atoms with Crippen LogP contribution in [0.25, 0.3) is 0 Å². The van der Waals surface area contributed by atoms with E-state index in [0.717, 1.165) is 13.1 Å². The number of nitrogens with one attached hydrogen (secondary N) is 1. The number of amides is 2. The largest absolute Gasteiger partial charge is 0.493 e. The smallest absolute Gasteiger partial charge is 0.247 e. The second-order valence-corrected chi connectivity index (χ2v) is 6.28. The first-order valence-corrected chi connectivity index (χ1v) is 8.73. The molecule has 0 saturated carbocycles. The molecule has 0 radical (unpaired) electrons. The number of morpholine rings is 1. The van der Waals surface area contributed by atoms with Gasteiger partial charge in [-0.3, -0.25) is 14.5 Å². The zero-order chi connectivity index (χ0) is 18.5. The van der Waals surface area contributed by atoms with Gasteiger partial charge in [-0.2, -0.15) is 0 Å². The molecule has 8 heteroatoms. The van der Waals surface area contributed by atoms with Gasteiger partial charge in [0.2, 0.25) is 11.8 Å². The van der Waals surface area contributed by atoms with Crippen LogP contribution in [-0.4, -0.2) is 81.8 Å². The molecule has 0 aliphatic carbocycles. The summed E-state index contributed by atoms with van der Waals surface area (Å²) in [6, 6.07) is 4.63. The normalized spacial score (nSPS) is 21.2. The summed E-state index contributed by atoms with van der Waals surface area (Å²) in [6.45, 7) is 3.95. The molecule has 1 unspecified atom stereocenters. The maximum atomic E-state index is 12.9. The van der Waals surface area contributed by atoms with E-state index in [2.05, 4.69) is 10.2 Å². The maximum Gasteiger partial charge on any atom is 0.247 e. The fraction of sp³-hybridized carbons (Fsp3) is 0.556. The molecule has 1 aromatic rings. The number of carbonyl (C=O) groups is 2. The summed E-state index contributed by atoms with van der Waals surface area (Å²) in [7, 11) is 3.10. The Hall–Kier alpha value is -2.32. The Labute approximate surface area is 153 Å². The van der Waals surface area contributed by atoms with Gasteiger partial charge < -0.3 is 24.4 Å². The van der Waals surface area contributed by atoms with Gasteiger partial charge in [0.1, 0.15) is 6.04 Å². The number of benzene rings is 1. The second kappa shape index (κ2) is 8.37. The van der Waals surface area contributed by atoms with Crippen LogP contribution < -0.4 is 14.8 Å². The summed E-state index contributed by atoms with van der Waals surface area (Å²) in [4.78, 5) is 29.1. The monoisotopic (exact) mass is 363 g/mol. The molecular formula is C18H25N3O5. The molecule has 142 valence electrons. The van der Waals surface area contributed by atoms with Crippen molar-refractivity contribution >= 4 is 11.8 Å². The van der Waals surface area contributed by atoms with Crippen molar-refractivity contribution in [1.82, 2.24) is 15.1 Å². The van der Waals surface area contributed by atoms with Gasteiger partial charge in [-0.05, 0) is 17.7 Å². The van der Waals surface area contributed by atoms with E-state index in [0.29, 0.717) is 49.9 Å². The molecule has 0 aromatic heterocycles. The highest BCUT2D eigenvalue weighted by Crippen LogP contribution is 2.33. The van der Waals surface area contributed by atoms with Crippen molar-refractivity contribution in [3.05, 3.63) is 23.8 Å². The molecule has 0 spiro atoms. The van der Waals surface area contributed by atoms with Crippen LogP contribution in [0.4, 0.5) is 0 Å². The van der Waals surface area contributed by atoms with Crippen LogP contribution in [0, 0.1) is 0 Å². The van der Waals surface area contributed by atoms with E-state index in [1.165, 1.54) is 0 Å². The number of hydrogen-bond donors (Lipinski definition) is 1. The molecular weight excluding hydrogens is 338 g/mol. The van der Waals surface area contributed by atoms with E-state index < -0.39 is 6.04 Å². The Balaban J connectivity index is 1.81. The van der Waals surface area contributed by atoms with Crippen LogP contribution >= 0.6 is 0 Å². The third-order valence-electron chi connectivity index (χ3n) is 4.72. The Morgan fingerprint density at radius 2 is 1.92 bits per heavy atom. The van der Waals surface area contributed by atoms with Gasteiger partial charge in [0.15, 0.2) is 11.5 Å². The van der Waals surface area contributed by atoms with E-state index in [1.54, 1.807) is 37.3 Å². The molecule has 2 aliphatic rings. The zero-order valence-electron chi connectivity index (χ0n) is 15.2. The van der Waals surface area contributed by atoms with E-state index in [4.69, 9.17) is 14.2 Å². The summed E-state index contributed by atoms with van der Waals surface area (Å²) in [5.41, 5.74) is 0.704. The lowest BCUT2D eigenvalue weighted by atomic mass is 10.0. The predicted octanol–water partition coefficient (Wildman–Crippen LogP) is 0.0355. The van der Waals surface area contributed by atoms with Crippen LogP contribution in [0.2, 0.25) is 0 Å². The molecule has 8 nitrogen and oxygen atoms in total. The number of piperazine rings is 1. The number of ether oxygens (including phenoxy) is 3. The number of nitrogens with zero attached hydrogens (tertiary/aromatic N) is 2. The van der Waals surface area contributed by atoms with E-state index in [1.807, 2.05) is 0 Å². The minimum atomic E-state index is -0.669. The second-order valence-electron chi connectivity index (χ2n) is 6.28. The molecule has 2 fully saturated rings. The van der Waals surface area contributed by atoms with E-state index >= 15 is 0 Å². The van der Waals surface area contributed by atoms with Crippen LogP contribution in [0.1, 0.15) is 11.6 Å². The van der Waals surface area contributed by atoms with Crippen molar-refractivity contribution < 1.29 is 23.8 Å². The van der Waals surface area contributed by atoms with Crippen molar-refractivity contribution in [2.75, 3.05) is 60.2 Å². The highest BCUT2D eigenvalue weighted by molar-refractivity contribution is 5.90. The molecule has 0 bridgehead atoms. The summed E-state index contributed by atoms with van der Waals surface area (Å²) < 4.78 is 15.9. The Morgan fingerprint density at radius 1 is 1.19 bits per heavy atom. The average molecular weight is 363 g/mol. The van der Waals surface area contributed by atoms with Crippen molar-refractivity contribution in [2.45, 2.75) is 6.04 Å². The lowest BCUT2D eigenvalue weighted by molar-refractivity contribution is -0.145. The standard InChI is InChI=1S/C18H25N3O5/c1-24-14-4-3-13(11-15(14)25-2)17-18(23)19-5-6-21(17)16(22)12-20-7-9-26-10-8-20/h3-4,11,17H,5-10,12H2,1-2H3,(H,19,23). The number of methoxy groups -OCH3 is 2. The fourth-order valence-corrected chi connectivity index (χ4v) is 3.33. The molecule has 1 aromatic carbocycles. The highest BCUT2D eigenvalue weighted by Gasteiger charge is 2.35. The van der Waals surface area contributed by atoms with Crippen molar-refractivity contribution in [2.24, 2.45) is 0 Å². The molecule has 2 saturated heterocycles. The van der Waals surface area contributed by atoms with Gasteiger partial charge in [0.05, 0.1) is 34.0 Å². The quantitative estimate of drug-likeness (QED) is 0.795. The lowest BCUT2D eigenvalue weighted by Crippen LogP contribution is -2.54. The van der Waals surface area contributed by atoms with E-state index in [9.17, 15) is 9.59 Å². The number of hydrogen-bond acceptors (Lipinski definition) is 6. The predicted molar refractivity (Wildman–Crippen MR) is 94.3 cm³/mol. The topological polar surface area (TPSA) is 80.3 Å². The van der Waals surface area contributed by atoms with Crippen molar-refractivity contribution in [3.63, 3.8) is 0 Å². The fourth-order valence-electron chi connectivity index (χ4n) is 3.33. The molecule has 1 N–H and O–H groups in total. The number of rotatable bonds is 5. The summed E-state index contributed by atoms with van der Waals surface area (Å²) in [5, 5.41) is 2.85. The first-order valence-electron chi connectivity index (χ1n) is 8.73. The van der Waals surface area contributed by atoms with Gasteiger partial charge in [-0.25, -0.2) is 0 Å². The summed E-state index contributed by atoms with van der Waals surface area (Å²) in [5.74, 6) is 0.878.